The molecule has 0 atom stereocenters. The van der Waals surface area contributed by atoms with Crippen LogP contribution in [0, 0.1) is 0 Å². The topological polar surface area (TPSA) is 59.9 Å². The number of hydrogen-bond acceptors (Lipinski definition) is 3. The Hall–Kier alpha value is -1.75. The van der Waals surface area contributed by atoms with Gasteiger partial charge in [0.2, 0.25) is 0 Å². The van der Waals surface area contributed by atoms with E-state index in [0.717, 1.165) is 31.2 Å². The number of guanidine groups is 1. The van der Waals surface area contributed by atoms with E-state index in [-0.39, 0.29) is 0 Å². The van der Waals surface area contributed by atoms with Gasteiger partial charge in [0.25, 0.3) is 0 Å². The number of nitrogens with one attached hydrogen (secondary N) is 2. The summed E-state index contributed by atoms with van der Waals surface area (Å²) in [6.45, 7) is 7.98. The van der Waals surface area contributed by atoms with Crippen LogP contribution in [0.2, 0.25) is 0 Å². The molecule has 1 heterocycles. The molecule has 0 spiro atoms. The summed E-state index contributed by atoms with van der Waals surface area (Å²) < 4.78 is 0. The highest BCUT2D eigenvalue weighted by molar-refractivity contribution is 5.79. The minimum atomic E-state index is 0.291. The second-order valence-corrected chi connectivity index (χ2v) is 5.69. The summed E-state index contributed by atoms with van der Waals surface area (Å²) in [6, 6.07) is 7.19. The van der Waals surface area contributed by atoms with Gasteiger partial charge in [0.15, 0.2) is 5.96 Å². The Kier molecular flexibility index (Phi) is 7.03. The fraction of sp³-hybridized carbons (Fsp3) is 0.588. The van der Waals surface area contributed by atoms with Crippen LogP contribution in [0.25, 0.3) is 0 Å². The zero-order valence-electron chi connectivity index (χ0n) is 13.5. The maximum absolute atomic E-state index is 9.29. The number of rotatable bonds is 6. The number of phenols is 1. The first kappa shape index (κ1) is 16.6. The molecule has 0 saturated carbocycles. The molecule has 0 radical (unpaired) electrons. The fourth-order valence-electron chi connectivity index (χ4n) is 2.63. The highest BCUT2D eigenvalue weighted by Gasteiger charge is 2.09. The maximum atomic E-state index is 9.29. The van der Waals surface area contributed by atoms with Crippen LogP contribution < -0.4 is 10.6 Å². The quantitative estimate of drug-likeness (QED) is 0.555. The van der Waals surface area contributed by atoms with Crippen molar-refractivity contribution >= 4 is 5.96 Å². The molecule has 0 aliphatic carbocycles. The van der Waals surface area contributed by atoms with E-state index in [1.165, 1.54) is 32.4 Å². The van der Waals surface area contributed by atoms with E-state index < -0.39 is 0 Å². The first-order valence-electron chi connectivity index (χ1n) is 8.30. The van der Waals surface area contributed by atoms with Gasteiger partial charge in [-0.3, -0.25) is 0 Å². The van der Waals surface area contributed by atoms with E-state index in [4.69, 9.17) is 0 Å². The fourth-order valence-corrected chi connectivity index (χ4v) is 2.63. The summed E-state index contributed by atoms with van der Waals surface area (Å²) in [7, 11) is 0. The third-order valence-electron chi connectivity index (χ3n) is 3.87. The molecule has 1 aromatic carbocycles. The van der Waals surface area contributed by atoms with Gasteiger partial charge in [-0.05, 0) is 50.6 Å². The molecule has 3 N–H and O–H groups in total. The Balaban J connectivity index is 1.77. The van der Waals surface area contributed by atoms with Crippen LogP contribution in [0.15, 0.2) is 29.3 Å². The number of aliphatic imine (C=N–C) groups is 1. The highest BCUT2D eigenvalue weighted by atomic mass is 16.3. The van der Waals surface area contributed by atoms with Crippen molar-refractivity contribution < 1.29 is 5.11 Å². The Bertz CT molecular complexity index is 452. The summed E-state index contributed by atoms with van der Waals surface area (Å²) in [6.07, 6.45) is 4.03. The summed E-state index contributed by atoms with van der Waals surface area (Å²) >= 11 is 0. The van der Waals surface area contributed by atoms with Crippen molar-refractivity contribution in [2.75, 3.05) is 32.7 Å². The molecular formula is C17H28N4O. The molecule has 1 saturated heterocycles. The molecule has 0 amide bonds. The predicted octanol–water partition coefficient (Wildman–Crippen LogP) is 1.93. The Labute approximate surface area is 133 Å². The average molecular weight is 304 g/mol. The maximum Gasteiger partial charge on any atom is 0.191 e. The lowest BCUT2D eigenvalue weighted by Gasteiger charge is -2.26. The third kappa shape index (κ3) is 5.93. The van der Waals surface area contributed by atoms with Crippen molar-refractivity contribution in [3.63, 3.8) is 0 Å². The molecule has 0 unspecified atom stereocenters. The van der Waals surface area contributed by atoms with Crippen LogP contribution >= 0.6 is 0 Å². The molecule has 22 heavy (non-hydrogen) atoms. The van der Waals surface area contributed by atoms with Crippen LogP contribution in [-0.4, -0.2) is 48.7 Å². The van der Waals surface area contributed by atoms with E-state index in [1.54, 1.807) is 12.1 Å². The largest absolute Gasteiger partial charge is 0.508 e. The van der Waals surface area contributed by atoms with E-state index in [9.17, 15) is 5.11 Å². The molecule has 122 valence electrons. The van der Waals surface area contributed by atoms with E-state index in [1.807, 2.05) is 12.1 Å². The number of piperidine rings is 1. The third-order valence-corrected chi connectivity index (χ3v) is 3.87. The summed E-state index contributed by atoms with van der Waals surface area (Å²) in [5, 5.41) is 16.0. The molecule has 1 aliphatic rings. The molecule has 1 aromatic rings. The lowest BCUT2D eigenvalue weighted by Crippen LogP contribution is -2.42. The lowest BCUT2D eigenvalue weighted by molar-refractivity contribution is 0.232. The molecule has 0 bridgehead atoms. The van der Waals surface area contributed by atoms with Gasteiger partial charge in [0, 0.05) is 19.6 Å². The number of nitrogens with zero attached hydrogens (tertiary/aromatic N) is 2. The smallest absolute Gasteiger partial charge is 0.191 e. The summed E-state index contributed by atoms with van der Waals surface area (Å²) in [5.41, 5.74) is 1.09. The van der Waals surface area contributed by atoms with Crippen molar-refractivity contribution in [1.82, 2.24) is 15.5 Å². The van der Waals surface area contributed by atoms with E-state index in [0.29, 0.717) is 12.3 Å². The Morgan fingerprint density at radius 2 is 1.86 bits per heavy atom. The van der Waals surface area contributed by atoms with Gasteiger partial charge in [-0.2, -0.15) is 0 Å². The van der Waals surface area contributed by atoms with Crippen LogP contribution in [-0.2, 0) is 6.54 Å². The number of hydrogen-bond donors (Lipinski definition) is 3. The first-order valence-corrected chi connectivity index (χ1v) is 8.30. The second kappa shape index (κ2) is 9.30. The Morgan fingerprint density at radius 3 is 2.55 bits per heavy atom. The van der Waals surface area contributed by atoms with E-state index >= 15 is 0 Å². The molecule has 5 heteroatoms. The van der Waals surface area contributed by atoms with Crippen LogP contribution in [0.5, 0.6) is 5.75 Å². The van der Waals surface area contributed by atoms with Gasteiger partial charge in [-0.1, -0.05) is 18.6 Å². The minimum Gasteiger partial charge on any atom is -0.508 e. The van der Waals surface area contributed by atoms with Crippen molar-refractivity contribution in [2.45, 2.75) is 32.7 Å². The zero-order valence-corrected chi connectivity index (χ0v) is 13.5. The van der Waals surface area contributed by atoms with Gasteiger partial charge in [-0.15, -0.1) is 0 Å². The average Bonchev–Trinajstić information content (AvgIpc) is 2.55. The number of phenolic OH excluding ortho intramolecular Hbond substituents is 1. The monoisotopic (exact) mass is 304 g/mol. The zero-order chi connectivity index (χ0) is 15.6. The van der Waals surface area contributed by atoms with Gasteiger partial charge in [-0.25, -0.2) is 4.99 Å². The molecule has 1 aliphatic heterocycles. The summed E-state index contributed by atoms with van der Waals surface area (Å²) in [5.74, 6) is 1.15. The van der Waals surface area contributed by atoms with Crippen molar-refractivity contribution in [3.05, 3.63) is 29.8 Å². The van der Waals surface area contributed by atoms with Crippen LogP contribution in [0.4, 0.5) is 0 Å². The number of aromatic hydroxyl groups is 1. The normalized spacial score (nSPS) is 16.5. The molecular weight excluding hydrogens is 276 g/mol. The van der Waals surface area contributed by atoms with Gasteiger partial charge in [0.1, 0.15) is 5.75 Å². The Morgan fingerprint density at radius 1 is 1.14 bits per heavy atom. The van der Waals surface area contributed by atoms with E-state index in [2.05, 4.69) is 27.4 Å². The van der Waals surface area contributed by atoms with Gasteiger partial charge in [0.05, 0.1) is 6.54 Å². The second-order valence-electron chi connectivity index (χ2n) is 5.69. The standard InChI is InChI=1S/C17H28N4O/c1-2-18-17(19-10-13-21-11-4-3-5-12-21)20-14-15-6-8-16(22)9-7-15/h6-9,22H,2-5,10-14H2,1H3,(H2,18,19,20). The van der Waals surface area contributed by atoms with Gasteiger partial charge >= 0.3 is 0 Å². The SMILES string of the molecule is CCNC(=NCc1ccc(O)cc1)NCCN1CCCCC1. The molecule has 2 rings (SSSR count). The highest BCUT2D eigenvalue weighted by Crippen LogP contribution is 2.10. The minimum absolute atomic E-state index is 0.291. The van der Waals surface area contributed by atoms with Crippen LogP contribution in [0.3, 0.4) is 0 Å². The molecule has 1 fully saturated rings. The first-order chi connectivity index (χ1) is 10.8. The molecule has 5 nitrogen and oxygen atoms in total. The predicted molar refractivity (Wildman–Crippen MR) is 91.2 cm³/mol. The molecule has 0 aromatic heterocycles. The van der Waals surface area contributed by atoms with Crippen molar-refractivity contribution in [3.8, 4) is 5.75 Å². The van der Waals surface area contributed by atoms with Crippen LogP contribution in [0.1, 0.15) is 31.7 Å². The van der Waals surface area contributed by atoms with Crippen molar-refractivity contribution in [2.24, 2.45) is 4.99 Å². The number of benzene rings is 1. The van der Waals surface area contributed by atoms with Gasteiger partial charge < -0.3 is 20.6 Å². The summed E-state index contributed by atoms with van der Waals surface area (Å²) in [4.78, 5) is 7.10. The lowest BCUT2D eigenvalue weighted by atomic mass is 10.1. The number of likely N-dealkylation sites (tertiary alicyclic amines) is 1. The van der Waals surface area contributed by atoms with Crippen molar-refractivity contribution in [1.29, 1.82) is 0 Å².